The van der Waals surface area contributed by atoms with E-state index in [1.165, 1.54) is 12.8 Å². The molecule has 0 saturated carbocycles. The fraction of sp³-hybridized carbons (Fsp3) is 0.267. The second-order valence-electron chi connectivity index (χ2n) is 9.37. The van der Waals surface area contributed by atoms with E-state index in [2.05, 4.69) is 42.1 Å². The molecule has 6 aromatic heterocycles. The molecule has 0 aliphatic carbocycles. The third kappa shape index (κ3) is 11.7. The molecule has 11 nitrogen and oxygen atoms in total. The van der Waals surface area contributed by atoms with Gasteiger partial charge in [0.1, 0.15) is 0 Å². The first kappa shape index (κ1) is 41.4. The fourth-order valence-corrected chi connectivity index (χ4v) is 3.93. The Bertz CT molecular complexity index is 1480. The number of anilines is 1. The van der Waals surface area contributed by atoms with Crippen molar-refractivity contribution < 1.29 is 57.0 Å². The van der Waals surface area contributed by atoms with E-state index in [4.69, 9.17) is 0 Å². The minimum atomic E-state index is 0. The molecule has 6 aromatic rings. The van der Waals surface area contributed by atoms with E-state index in [1.54, 1.807) is 31.0 Å². The summed E-state index contributed by atoms with van der Waals surface area (Å²) in [6.07, 6.45) is 20.7. The third-order valence-electron chi connectivity index (χ3n) is 6.23. The van der Waals surface area contributed by atoms with Crippen molar-refractivity contribution in [1.29, 1.82) is 0 Å². The summed E-state index contributed by atoms with van der Waals surface area (Å²) in [5.74, 6) is 3.56. The molecule has 0 unspecified atom stereocenters. The number of halogens is 3. The molecule has 0 aliphatic heterocycles. The number of aryl methyl sites for hydroxylation is 4. The number of pyridine rings is 2. The standard InChI is InChI=1S/C14H17N3.2C8H10N4.3ClH.Os/c1-2-3-8-15-12-7-10-17-14(11-12)13-6-4-5-9-16-13;2*1-11-5-3-9-7(11)8-10-4-6-12(8)2;;;;/h4-7,9-11H,2-3,8H2,1H3,(H,15,17);2*3-6H,1-2H3;3*1H;/p-3. The van der Waals surface area contributed by atoms with Crippen LogP contribution in [0.5, 0.6) is 0 Å². The van der Waals surface area contributed by atoms with Crippen LogP contribution in [0.2, 0.25) is 0 Å². The molecule has 6 heterocycles. The maximum Gasteiger partial charge on any atom is 0.176 e. The molecular weight excluding hydrogens is 811 g/mol. The fourth-order valence-electron chi connectivity index (χ4n) is 3.93. The average molecular weight is 848 g/mol. The number of aromatic nitrogens is 10. The van der Waals surface area contributed by atoms with Crippen LogP contribution in [-0.4, -0.2) is 54.7 Å². The predicted molar refractivity (Wildman–Crippen MR) is 162 cm³/mol. The van der Waals surface area contributed by atoms with Crippen LogP contribution in [0.1, 0.15) is 19.8 Å². The van der Waals surface area contributed by atoms with Gasteiger partial charge < -0.3 is 60.8 Å². The number of unbranched alkanes of at least 4 members (excludes halogenated alkanes) is 1. The molecule has 0 saturated heterocycles. The number of nitrogens with zero attached hydrogens (tertiary/aromatic N) is 10. The minimum Gasteiger partial charge on any atom is -1.00 e. The number of hydrogen-bond donors (Lipinski definition) is 1. The molecular formula is C30H37Cl3N11Os-3. The van der Waals surface area contributed by atoms with Crippen LogP contribution in [-0.2, 0) is 48.0 Å². The van der Waals surface area contributed by atoms with Crippen LogP contribution in [0.4, 0.5) is 5.69 Å². The molecule has 0 fully saturated rings. The van der Waals surface area contributed by atoms with Gasteiger partial charge in [0.15, 0.2) is 23.3 Å². The molecule has 0 spiro atoms. The van der Waals surface area contributed by atoms with Crippen molar-refractivity contribution in [2.75, 3.05) is 11.9 Å². The Labute approximate surface area is 296 Å². The van der Waals surface area contributed by atoms with Crippen molar-refractivity contribution in [3.63, 3.8) is 0 Å². The molecule has 0 bridgehead atoms. The predicted octanol–water partition coefficient (Wildman–Crippen LogP) is -3.99. The van der Waals surface area contributed by atoms with Gasteiger partial charge in [-0.3, -0.25) is 9.97 Å². The van der Waals surface area contributed by atoms with E-state index in [0.29, 0.717) is 0 Å². The summed E-state index contributed by atoms with van der Waals surface area (Å²) in [6.45, 7) is 3.19. The molecule has 1 N–H and O–H groups in total. The summed E-state index contributed by atoms with van der Waals surface area (Å²) < 4.78 is 7.79. The Morgan fingerprint density at radius 3 is 1.36 bits per heavy atom. The Morgan fingerprint density at radius 2 is 1.00 bits per heavy atom. The second-order valence-corrected chi connectivity index (χ2v) is 9.37. The van der Waals surface area contributed by atoms with Gasteiger partial charge in [0.25, 0.3) is 0 Å². The Balaban J connectivity index is 0.000000630. The summed E-state index contributed by atoms with van der Waals surface area (Å²) >= 11 is 0. The van der Waals surface area contributed by atoms with E-state index >= 15 is 0 Å². The van der Waals surface area contributed by atoms with Gasteiger partial charge in [0.05, 0.1) is 11.4 Å². The van der Waals surface area contributed by atoms with Crippen LogP contribution < -0.4 is 42.5 Å². The van der Waals surface area contributed by atoms with Crippen LogP contribution in [0.3, 0.4) is 0 Å². The van der Waals surface area contributed by atoms with E-state index < -0.39 is 0 Å². The summed E-state index contributed by atoms with van der Waals surface area (Å²) in [7, 11) is 7.82. The van der Waals surface area contributed by atoms with Crippen molar-refractivity contribution in [2.45, 2.75) is 19.8 Å². The van der Waals surface area contributed by atoms with Gasteiger partial charge in [-0.1, -0.05) is 19.4 Å². The van der Waals surface area contributed by atoms with Gasteiger partial charge >= 0.3 is 0 Å². The molecule has 244 valence electrons. The van der Waals surface area contributed by atoms with E-state index in [-0.39, 0.29) is 57.0 Å². The van der Waals surface area contributed by atoms with E-state index in [0.717, 1.165) is 46.9 Å². The Morgan fingerprint density at radius 1 is 0.556 bits per heavy atom. The molecule has 0 aliphatic rings. The van der Waals surface area contributed by atoms with Gasteiger partial charge in [0.2, 0.25) is 0 Å². The summed E-state index contributed by atoms with van der Waals surface area (Å²) in [6, 6.07) is 9.88. The van der Waals surface area contributed by atoms with Crippen LogP contribution >= 0.6 is 0 Å². The summed E-state index contributed by atoms with van der Waals surface area (Å²) in [5.41, 5.74) is 2.92. The zero-order valence-electron chi connectivity index (χ0n) is 25.7. The van der Waals surface area contributed by atoms with Gasteiger partial charge in [-0.2, -0.15) is 0 Å². The number of rotatable bonds is 7. The Kier molecular flexibility index (Phi) is 19.6. The maximum absolute atomic E-state index is 4.34. The largest absolute Gasteiger partial charge is 1.00 e. The minimum absolute atomic E-state index is 0. The summed E-state index contributed by atoms with van der Waals surface area (Å²) in [4.78, 5) is 25.4. The van der Waals surface area contributed by atoms with Crippen molar-refractivity contribution in [2.24, 2.45) is 28.2 Å². The Hall–Kier alpha value is -3.55. The zero-order chi connectivity index (χ0) is 29.0. The van der Waals surface area contributed by atoms with Crippen molar-refractivity contribution in [1.82, 2.24) is 48.2 Å². The molecule has 15 heteroatoms. The van der Waals surface area contributed by atoms with E-state index in [9.17, 15) is 0 Å². The molecule has 6 rings (SSSR count). The molecule has 0 radical (unpaired) electrons. The molecule has 0 aromatic carbocycles. The number of hydrogen-bond acceptors (Lipinski definition) is 7. The maximum atomic E-state index is 4.34. The number of imidazole rings is 4. The molecule has 45 heavy (non-hydrogen) atoms. The topological polar surface area (TPSA) is 109 Å². The quantitative estimate of drug-likeness (QED) is 0.164. The zero-order valence-corrected chi connectivity index (χ0v) is 30.5. The van der Waals surface area contributed by atoms with Crippen LogP contribution in [0.15, 0.2) is 92.3 Å². The summed E-state index contributed by atoms with van der Waals surface area (Å²) in [5, 5.41) is 3.39. The van der Waals surface area contributed by atoms with Gasteiger partial charge in [-0.15, -0.1) is 0 Å². The normalized spacial score (nSPS) is 9.44. The average Bonchev–Trinajstić information content (AvgIpc) is 3.80. The number of nitrogens with one attached hydrogen (secondary N) is 1. The van der Waals surface area contributed by atoms with Gasteiger partial charge in [-0.25, -0.2) is 19.9 Å². The first-order chi connectivity index (χ1) is 20.0. The van der Waals surface area contributed by atoms with Crippen LogP contribution in [0, 0.1) is 0 Å². The third-order valence-corrected chi connectivity index (χ3v) is 6.23. The van der Waals surface area contributed by atoms with Crippen molar-refractivity contribution in [3.05, 3.63) is 92.3 Å². The SMILES string of the molecule is CCCCNc1ccnc(-c2ccccn2)c1.Cn1ccnc1-c1nccn1C.Cn1ccnc1-c1nccn1C.[Cl-].[Cl-].[Cl-].[Os]. The monoisotopic (exact) mass is 848 g/mol. The van der Waals surface area contributed by atoms with Crippen LogP contribution in [0.25, 0.3) is 34.7 Å². The molecule has 0 amide bonds. The van der Waals surface area contributed by atoms with Crippen molar-refractivity contribution in [3.8, 4) is 34.7 Å². The van der Waals surface area contributed by atoms with Crippen molar-refractivity contribution >= 4 is 5.69 Å². The first-order valence-electron chi connectivity index (χ1n) is 13.5. The first-order valence-corrected chi connectivity index (χ1v) is 13.5. The second kappa shape index (κ2) is 21.2. The molecule has 0 atom stereocenters. The van der Waals surface area contributed by atoms with Gasteiger partial charge in [-0.05, 0) is 30.7 Å². The van der Waals surface area contributed by atoms with Gasteiger partial charge in [0, 0.05) is 122 Å². The smallest absolute Gasteiger partial charge is 0.176 e. The van der Waals surface area contributed by atoms with E-state index in [1.807, 2.05) is 108 Å².